The second-order valence-corrected chi connectivity index (χ2v) is 8.34. The highest BCUT2D eigenvalue weighted by atomic mass is 19.4. The zero-order valence-corrected chi connectivity index (χ0v) is 19.0. The zero-order valence-electron chi connectivity index (χ0n) is 19.0. The summed E-state index contributed by atoms with van der Waals surface area (Å²) < 4.78 is 46.4. The molecule has 2 aliphatic rings. The number of nitrogens with one attached hydrogen (secondary N) is 1. The number of carbonyl (C=O) groups is 3. The standard InChI is InChI=1S/C23H23F3N4O5/c1-3-4-11-34-20(32)28-17-13-27-10-9-18(17)30-21(33)29(19(31)22(30)12-14(22)2)15-5-7-16(8-6-15)35-23(24,25)26/h5-10,13-14H,3-4,11-12H2,1-2H3,(H,28,32). The number of carbonyl (C=O) groups excluding carboxylic acids is 3. The van der Waals surface area contributed by atoms with E-state index in [2.05, 4.69) is 15.0 Å². The number of alkyl halides is 3. The molecule has 1 saturated heterocycles. The van der Waals surface area contributed by atoms with Crippen molar-refractivity contribution in [2.45, 2.75) is 45.0 Å². The summed E-state index contributed by atoms with van der Waals surface area (Å²) in [7, 11) is 0. The lowest BCUT2D eigenvalue weighted by atomic mass is 10.1. The summed E-state index contributed by atoms with van der Waals surface area (Å²) >= 11 is 0. The normalized spacial score (nSPS) is 21.5. The Bertz CT molecular complexity index is 1140. The molecule has 1 aliphatic heterocycles. The SMILES string of the molecule is CCCCOC(=O)Nc1cnccc1N1C(=O)N(c2ccc(OC(F)(F)F)cc2)C(=O)C12CC2C. The molecule has 2 heterocycles. The molecule has 1 aromatic heterocycles. The largest absolute Gasteiger partial charge is 0.573 e. The maximum Gasteiger partial charge on any atom is 0.573 e. The van der Waals surface area contributed by atoms with E-state index in [1.54, 1.807) is 0 Å². The Hall–Kier alpha value is -3.83. The van der Waals surface area contributed by atoms with Crippen LogP contribution in [0.1, 0.15) is 33.1 Å². The van der Waals surface area contributed by atoms with E-state index >= 15 is 0 Å². The van der Waals surface area contributed by atoms with Crippen LogP contribution in [0.2, 0.25) is 0 Å². The number of anilines is 3. The van der Waals surface area contributed by atoms with Crippen molar-refractivity contribution >= 4 is 35.1 Å². The number of halogens is 3. The molecule has 2 atom stereocenters. The Morgan fingerprint density at radius 3 is 2.51 bits per heavy atom. The van der Waals surface area contributed by atoms with Crippen molar-refractivity contribution in [3.63, 3.8) is 0 Å². The van der Waals surface area contributed by atoms with Gasteiger partial charge in [0.15, 0.2) is 0 Å². The van der Waals surface area contributed by atoms with Gasteiger partial charge in [-0.2, -0.15) is 0 Å². The molecular formula is C23H23F3N4O5. The number of aromatic nitrogens is 1. The summed E-state index contributed by atoms with van der Waals surface area (Å²) in [5.74, 6) is -1.17. The van der Waals surface area contributed by atoms with Crippen molar-refractivity contribution in [2.75, 3.05) is 21.7 Å². The van der Waals surface area contributed by atoms with Crippen molar-refractivity contribution in [1.82, 2.24) is 4.98 Å². The second kappa shape index (κ2) is 9.08. The van der Waals surface area contributed by atoms with E-state index in [9.17, 15) is 27.6 Å². The van der Waals surface area contributed by atoms with Crippen LogP contribution in [0.15, 0.2) is 42.7 Å². The first-order chi connectivity index (χ1) is 16.6. The summed E-state index contributed by atoms with van der Waals surface area (Å²) in [5.41, 5.74) is -0.639. The Morgan fingerprint density at radius 1 is 1.23 bits per heavy atom. The third-order valence-corrected chi connectivity index (χ3v) is 5.96. The predicted molar refractivity (Wildman–Crippen MR) is 119 cm³/mol. The van der Waals surface area contributed by atoms with Crippen molar-refractivity contribution < 1.29 is 37.0 Å². The fourth-order valence-electron chi connectivity index (χ4n) is 4.14. The van der Waals surface area contributed by atoms with E-state index in [1.165, 1.54) is 35.5 Å². The van der Waals surface area contributed by atoms with Crippen LogP contribution >= 0.6 is 0 Å². The minimum Gasteiger partial charge on any atom is -0.449 e. The molecule has 12 heteroatoms. The Balaban J connectivity index is 1.63. The lowest BCUT2D eigenvalue weighted by molar-refractivity contribution is -0.274. The van der Waals surface area contributed by atoms with Crippen LogP contribution in [0.25, 0.3) is 0 Å². The molecule has 4 amide bonds. The van der Waals surface area contributed by atoms with E-state index in [0.29, 0.717) is 12.8 Å². The van der Waals surface area contributed by atoms with Gasteiger partial charge in [0.1, 0.15) is 11.3 Å². The maximum absolute atomic E-state index is 13.5. The molecule has 1 saturated carbocycles. The van der Waals surface area contributed by atoms with Gasteiger partial charge >= 0.3 is 18.5 Å². The molecule has 1 spiro atoms. The fraction of sp³-hybridized carbons (Fsp3) is 0.391. The van der Waals surface area contributed by atoms with Crippen molar-refractivity contribution in [3.8, 4) is 5.75 Å². The van der Waals surface area contributed by atoms with Crippen LogP contribution in [-0.4, -0.2) is 41.5 Å². The van der Waals surface area contributed by atoms with Crippen LogP contribution < -0.4 is 19.9 Å². The zero-order chi connectivity index (χ0) is 25.4. The third kappa shape index (κ3) is 4.60. The molecule has 0 bridgehead atoms. The van der Waals surface area contributed by atoms with Crippen LogP contribution in [0.5, 0.6) is 5.75 Å². The lowest BCUT2D eigenvalue weighted by Gasteiger charge is -2.24. The minimum absolute atomic E-state index is 0.0954. The highest BCUT2D eigenvalue weighted by Crippen LogP contribution is 2.56. The van der Waals surface area contributed by atoms with Gasteiger partial charge in [-0.05, 0) is 49.1 Å². The third-order valence-electron chi connectivity index (χ3n) is 5.96. The lowest BCUT2D eigenvalue weighted by Crippen LogP contribution is -2.39. The molecule has 35 heavy (non-hydrogen) atoms. The molecule has 4 rings (SSSR count). The van der Waals surface area contributed by atoms with Crippen molar-refractivity contribution in [1.29, 1.82) is 0 Å². The Kier molecular flexibility index (Phi) is 6.30. The van der Waals surface area contributed by atoms with Gasteiger partial charge in [-0.15, -0.1) is 13.2 Å². The van der Waals surface area contributed by atoms with Crippen molar-refractivity contribution in [2.24, 2.45) is 5.92 Å². The van der Waals surface area contributed by atoms with E-state index in [-0.39, 0.29) is 29.6 Å². The summed E-state index contributed by atoms with van der Waals surface area (Å²) in [6, 6.07) is 5.28. The van der Waals surface area contributed by atoms with Crippen molar-refractivity contribution in [3.05, 3.63) is 42.7 Å². The number of unbranched alkanes of at least 4 members (excludes halogenated alkanes) is 1. The maximum atomic E-state index is 13.5. The molecule has 1 aromatic carbocycles. The summed E-state index contributed by atoms with van der Waals surface area (Å²) in [6.45, 7) is 3.99. The smallest absolute Gasteiger partial charge is 0.449 e. The van der Waals surface area contributed by atoms with Gasteiger partial charge in [-0.3, -0.25) is 20.0 Å². The molecular weight excluding hydrogens is 469 g/mol. The summed E-state index contributed by atoms with van der Waals surface area (Å²) in [5, 5.41) is 2.58. The number of urea groups is 1. The number of rotatable bonds is 7. The van der Waals surface area contributed by atoms with E-state index in [1.807, 2.05) is 13.8 Å². The quantitative estimate of drug-likeness (QED) is 0.427. The van der Waals surface area contributed by atoms with E-state index < -0.39 is 35.7 Å². The topological polar surface area (TPSA) is 101 Å². The van der Waals surface area contributed by atoms with Gasteiger partial charge in [0.25, 0.3) is 5.91 Å². The molecule has 2 unspecified atom stereocenters. The van der Waals surface area contributed by atoms with E-state index in [4.69, 9.17) is 4.74 Å². The first-order valence-corrected chi connectivity index (χ1v) is 11.0. The first kappa shape index (κ1) is 24.3. The number of nitrogens with zero attached hydrogens (tertiary/aromatic N) is 3. The van der Waals surface area contributed by atoms with E-state index in [0.717, 1.165) is 23.5 Å². The average molecular weight is 492 g/mol. The van der Waals surface area contributed by atoms with Gasteiger partial charge in [0, 0.05) is 6.20 Å². The van der Waals surface area contributed by atoms with Gasteiger partial charge in [-0.25, -0.2) is 14.5 Å². The van der Waals surface area contributed by atoms with Crippen LogP contribution in [0.4, 0.5) is 39.8 Å². The second-order valence-electron chi connectivity index (χ2n) is 8.34. The molecule has 9 nitrogen and oxygen atoms in total. The number of benzene rings is 1. The molecule has 1 N–H and O–H groups in total. The van der Waals surface area contributed by atoms with Gasteiger partial charge in [-0.1, -0.05) is 20.3 Å². The number of ether oxygens (including phenoxy) is 2. The average Bonchev–Trinajstić information content (AvgIpc) is 3.41. The number of imide groups is 1. The summed E-state index contributed by atoms with van der Waals surface area (Å²) in [6.07, 6.45) is -0.904. The fourth-order valence-corrected chi connectivity index (χ4v) is 4.14. The van der Waals surface area contributed by atoms with Crippen LogP contribution in [0, 0.1) is 5.92 Å². The highest BCUT2D eigenvalue weighted by molar-refractivity contribution is 6.32. The highest BCUT2D eigenvalue weighted by Gasteiger charge is 2.70. The number of hydrogen-bond donors (Lipinski definition) is 1. The monoisotopic (exact) mass is 492 g/mol. The molecule has 1 aliphatic carbocycles. The van der Waals surface area contributed by atoms with Gasteiger partial charge in [0.2, 0.25) is 0 Å². The Labute approximate surface area is 198 Å². The predicted octanol–water partition coefficient (Wildman–Crippen LogP) is 5.08. The molecule has 2 fully saturated rings. The van der Waals surface area contributed by atoms with Crippen LogP contribution in [0.3, 0.4) is 0 Å². The molecule has 0 radical (unpaired) electrons. The number of hydrogen-bond acceptors (Lipinski definition) is 6. The molecule has 186 valence electrons. The number of pyridine rings is 1. The van der Waals surface area contributed by atoms with Crippen LogP contribution in [-0.2, 0) is 9.53 Å². The van der Waals surface area contributed by atoms with Gasteiger partial charge in [0.05, 0.1) is 29.9 Å². The first-order valence-electron chi connectivity index (χ1n) is 11.0. The minimum atomic E-state index is -4.87. The summed E-state index contributed by atoms with van der Waals surface area (Å²) in [4.78, 5) is 45.4. The molecule has 2 aromatic rings. The Morgan fingerprint density at radius 2 is 1.91 bits per heavy atom. The number of amides is 4. The van der Waals surface area contributed by atoms with Gasteiger partial charge < -0.3 is 9.47 Å².